The maximum Gasteiger partial charge on any atom is 0.416 e. The summed E-state index contributed by atoms with van der Waals surface area (Å²) in [6.07, 6.45) is -4.47. The highest BCUT2D eigenvalue weighted by Gasteiger charge is 2.35. The third-order valence-electron chi connectivity index (χ3n) is 4.31. The van der Waals surface area contributed by atoms with Gasteiger partial charge >= 0.3 is 6.18 Å². The zero-order chi connectivity index (χ0) is 25.0. The number of rotatable bonds is 8. The predicted molar refractivity (Wildman–Crippen MR) is 114 cm³/mol. The van der Waals surface area contributed by atoms with E-state index in [4.69, 9.17) is 11.6 Å². The Kier molecular flexibility index (Phi) is 7.98. The molecule has 0 aliphatic heterocycles. The summed E-state index contributed by atoms with van der Waals surface area (Å²) in [5, 5.41) is 14.9. The molecule has 2 aromatic rings. The van der Waals surface area contributed by atoms with Gasteiger partial charge in [-0.15, -0.1) is 0 Å². The molecule has 12 heteroatoms. The van der Waals surface area contributed by atoms with Gasteiger partial charge in [-0.1, -0.05) is 18.5 Å². The second-order valence-electron chi connectivity index (χ2n) is 7.01. The van der Waals surface area contributed by atoms with Gasteiger partial charge in [0.1, 0.15) is 11.9 Å². The number of hydrogen-bond acceptors (Lipinski definition) is 5. The number of hydrogen-bond donors (Lipinski definition) is 2. The predicted octanol–water partition coefficient (Wildman–Crippen LogP) is 6.05. The van der Waals surface area contributed by atoms with Crippen molar-refractivity contribution in [3.05, 3.63) is 69.3 Å². The van der Waals surface area contributed by atoms with Crippen molar-refractivity contribution in [2.75, 3.05) is 11.9 Å². The monoisotopic (exact) mass is 507 g/mol. The van der Waals surface area contributed by atoms with Crippen molar-refractivity contribution in [3.63, 3.8) is 0 Å². The summed E-state index contributed by atoms with van der Waals surface area (Å²) in [5.74, 6) is -4.05. The lowest BCUT2D eigenvalue weighted by Gasteiger charge is -2.19. The number of alkyl halides is 5. The molecule has 2 aromatic carbocycles. The highest BCUT2D eigenvalue weighted by atomic mass is 35.5. The molecule has 0 aliphatic rings. The Morgan fingerprint density at radius 3 is 2.12 bits per heavy atom. The van der Waals surface area contributed by atoms with Crippen LogP contribution < -0.4 is 10.6 Å². The molecule has 2 N–H and O–H groups in total. The minimum absolute atomic E-state index is 0.138. The summed E-state index contributed by atoms with van der Waals surface area (Å²) in [6, 6.07) is 8.05. The molecular weight excluding hydrogens is 489 g/mol. The third kappa shape index (κ3) is 6.58. The fraction of sp³-hybridized carbons (Fsp3) is 0.286. The Hall–Kier alpha value is -2.84. The summed E-state index contributed by atoms with van der Waals surface area (Å²) < 4.78 is 93.5. The minimum Gasteiger partial charge on any atom is -0.370 e. The van der Waals surface area contributed by atoms with E-state index in [1.807, 2.05) is 0 Å². The molecule has 0 aromatic heterocycles. The van der Waals surface area contributed by atoms with Crippen molar-refractivity contribution >= 4 is 27.1 Å². The fourth-order valence-electron chi connectivity index (χ4n) is 2.67. The summed E-state index contributed by atoms with van der Waals surface area (Å²) >= 11 is 5.77. The highest BCUT2D eigenvalue weighted by molar-refractivity contribution is 7.95. The number of benzene rings is 2. The SMILES string of the molecule is CCCN/C(Nc1cc(C(C)(F)F)cc(C(F)(F)F)c1)=C(\C#N)S(=O)(=O)c1ccc(Cl)cc1. The van der Waals surface area contributed by atoms with Gasteiger partial charge in [0.25, 0.3) is 5.92 Å². The smallest absolute Gasteiger partial charge is 0.370 e. The van der Waals surface area contributed by atoms with Crippen LogP contribution in [0.3, 0.4) is 0 Å². The van der Waals surface area contributed by atoms with E-state index in [0.717, 1.165) is 18.2 Å². The van der Waals surface area contributed by atoms with Gasteiger partial charge in [-0.05, 0) is 48.9 Å². The summed E-state index contributed by atoms with van der Waals surface area (Å²) in [5.41, 5.74) is -2.77. The lowest BCUT2D eigenvalue weighted by Crippen LogP contribution is -2.25. The van der Waals surface area contributed by atoms with Crippen molar-refractivity contribution in [1.82, 2.24) is 5.32 Å². The number of anilines is 1. The molecule has 0 spiro atoms. The molecule has 33 heavy (non-hydrogen) atoms. The Labute approximate surface area is 192 Å². The Morgan fingerprint density at radius 2 is 1.64 bits per heavy atom. The molecule has 0 bridgehead atoms. The number of halogens is 6. The van der Waals surface area contributed by atoms with Crippen LogP contribution in [0.5, 0.6) is 0 Å². The fourth-order valence-corrected chi connectivity index (χ4v) is 4.04. The largest absolute Gasteiger partial charge is 0.416 e. The van der Waals surface area contributed by atoms with Gasteiger partial charge in [0.2, 0.25) is 9.84 Å². The molecule has 0 amide bonds. The number of nitriles is 1. The molecule has 0 radical (unpaired) electrons. The molecule has 178 valence electrons. The van der Waals surface area contributed by atoms with Gasteiger partial charge < -0.3 is 10.6 Å². The normalized spacial score (nSPS) is 13.2. The van der Waals surface area contributed by atoms with Crippen LogP contribution in [0.1, 0.15) is 31.4 Å². The van der Waals surface area contributed by atoms with E-state index in [2.05, 4.69) is 10.6 Å². The maximum absolute atomic E-state index is 13.8. The standard InChI is InChI=1S/C21H19ClF5N3O2S/c1-3-8-29-19(18(12-28)33(31,32)17-6-4-15(22)5-7-17)30-16-10-13(20(2,23)24)9-14(11-16)21(25,26)27/h4-7,9-11,29-30H,3,8H2,1-2H3/b19-18-. The number of nitrogens with zero attached hydrogens (tertiary/aromatic N) is 1. The Bertz CT molecular complexity index is 1150. The van der Waals surface area contributed by atoms with Crippen molar-refractivity contribution < 1.29 is 30.4 Å². The van der Waals surface area contributed by atoms with E-state index >= 15 is 0 Å². The maximum atomic E-state index is 13.8. The number of nitrogens with one attached hydrogen (secondary N) is 2. The Balaban J connectivity index is 2.69. The highest BCUT2D eigenvalue weighted by Crippen LogP contribution is 2.37. The zero-order valence-electron chi connectivity index (χ0n) is 17.4. The molecule has 0 heterocycles. The molecule has 5 nitrogen and oxygen atoms in total. The van der Waals surface area contributed by atoms with Gasteiger partial charge in [0.05, 0.1) is 10.5 Å². The van der Waals surface area contributed by atoms with E-state index in [9.17, 15) is 35.6 Å². The van der Waals surface area contributed by atoms with Crippen LogP contribution in [0.2, 0.25) is 5.02 Å². The quantitative estimate of drug-likeness (QED) is 0.336. The Morgan fingerprint density at radius 1 is 1.06 bits per heavy atom. The van der Waals surface area contributed by atoms with E-state index in [1.165, 1.54) is 18.2 Å². The first-order chi connectivity index (χ1) is 15.2. The summed E-state index contributed by atoms with van der Waals surface area (Å²) in [6.45, 7) is 2.30. The number of sulfone groups is 1. The van der Waals surface area contributed by atoms with Crippen molar-refractivity contribution in [2.24, 2.45) is 0 Å². The molecule has 2 rings (SSSR count). The van der Waals surface area contributed by atoms with Crippen molar-refractivity contribution in [2.45, 2.75) is 37.3 Å². The summed E-state index contributed by atoms with van der Waals surface area (Å²) in [7, 11) is -4.43. The second kappa shape index (κ2) is 9.97. The lowest BCUT2D eigenvalue weighted by atomic mass is 10.0. The first-order valence-corrected chi connectivity index (χ1v) is 11.3. The van der Waals surface area contributed by atoms with E-state index in [1.54, 1.807) is 6.92 Å². The lowest BCUT2D eigenvalue weighted by molar-refractivity contribution is -0.137. The summed E-state index contributed by atoms with van der Waals surface area (Å²) in [4.78, 5) is -1.12. The van der Waals surface area contributed by atoms with Crippen LogP contribution in [0.15, 0.2) is 58.1 Å². The van der Waals surface area contributed by atoms with Gasteiger partial charge in [0.15, 0.2) is 4.91 Å². The number of allylic oxidation sites excluding steroid dienone is 1. The van der Waals surface area contributed by atoms with Crippen molar-refractivity contribution in [1.29, 1.82) is 5.26 Å². The zero-order valence-corrected chi connectivity index (χ0v) is 19.0. The average Bonchev–Trinajstić information content (AvgIpc) is 2.71. The van der Waals surface area contributed by atoms with Gasteiger partial charge in [-0.25, -0.2) is 17.2 Å². The van der Waals surface area contributed by atoms with E-state index < -0.39 is 49.5 Å². The van der Waals surface area contributed by atoms with Crippen LogP contribution in [0, 0.1) is 11.3 Å². The van der Waals surface area contributed by atoms with Gasteiger partial charge in [-0.2, -0.15) is 18.4 Å². The topological polar surface area (TPSA) is 82.0 Å². The average molecular weight is 508 g/mol. The van der Waals surface area contributed by atoms with Crippen molar-refractivity contribution in [3.8, 4) is 6.07 Å². The van der Waals surface area contributed by atoms with Crippen LogP contribution in [-0.4, -0.2) is 15.0 Å². The van der Waals surface area contributed by atoms with E-state index in [-0.39, 0.29) is 16.5 Å². The minimum atomic E-state index is -4.94. The molecule has 0 aliphatic carbocycles. The molecule has 0 fully saturated rings. The molecule has 0 saturated heterocycles. The van der Waals surface area contributed by atoms with Crippen LogP contribution in [0.4, 0.5) is 27.6 Å². The van der Waals surface area contributed by atoms with E-state index in [0.29, 0.717) is 25.5 Å². The molecule has 0 atom stereocenters. The molecule has 0 saturated carbocycles. The second-order valence-corrected chi connectivity index (χ2v) is 9.33. The van der Waals surface area contributed by atoms with Crippen LogP contribution in [0.25, 0.3) is 0 Å². The van der Waals surface area contributed by atoms with Gasteiger partial charge in [-0.3, -0.25) is 0 Å². The van der Waals surface area contributed by atoms with Gasteiger partial charge in [0, 0.05) is 29.7 Å². The van der Waals surface area contributed by atoms with Crippen LogP contribution in [-0.2, 0) is 21.9 Å². The molecular formula is C21H19ClF5N3O2S. The third-order valence-corrected chi connectivity index (χ3v) is 6.29. The van der Waals surface area contributed by atoms with Crippen LogP contribution >= 0.6 is 11.6 Å². The first-order valence-electron chi connectivity index (χ1n) is 9.46. The molecule has 0 unspecified atom stereocenters. The first kappa shape index (κ1) is 26.4.